The number of anilines is 1. The minimum Gasteiger partial charge on any atom is -0.362 e. The zero-order chi connectivity index (χ0) is 23.8. The van der Waals surface area contributed by atoms with Crippen molar-refractivity contribution in [1.29, 1.82) is 0 Å². The summed E-state index contributed by atoms with van der Waals surface area (Å²) >= 11 is 6.44. The van der Waals surface area contributed by atoms with Crippen molar-refractivity contribution in [3.05, 3.63) is 68.1 Å². The van der Waals surface area contributed by atoms with E-state index in [-0.39, 0.29) is 22.7 Å². The van der Waals surface area contributed by atoms with E-state index in [1.165, 1.54) is 10.7 Å². The van der Waals surface area contributed by atoms with Gasteiger partial charge in [-0.3, -0.25) is 4.79 Å². The monoisotopic (exact) mass is 494 g/mol. The van der Waals surface area contributed by atoms with Gasteiger partial charge >= 0.3 is 0 Å². The molecule has 180 valence electrons. The smallest absolute Gasteiger partial charge is 0.290 e. The number of hydrogen-bond acceptors (Lipinski definition) is 6. The molecule has 0 aliphatic carbocycles. The maximum Gasteiger partial charge on any atom is 0.290 e. The average Bonchev–Trinajstić information content (AvgIpc) is 3.24. The topological polar surface area (TPSA) is 78.1 Å². The van der Waals surface area contributed by atoms with Gasteiger partial charge in [-0.05, 0) is 37.0 Å². The Morgan fingerprint density at radius 2 is 2.12 bits per heavy atom. The van der Waals surface area contributed by atoms with Crippen LogP contribution in [0.3, 0.4) is 0 Å². The molecule has 0 bridgehead atoms. The standard InChI is InChI=1S/C22H22ClF3N6O2/c23-20-18(10-27-32(22(20)33)19-3-1-2-8-34-19)30-7-6-17-16(12-30)28-29-31(17)11-13-4-5-14(24)9-15(13)21(25)26/h4-5,9-10,19,21H,1-3,6-8,11-12H2. The maximum absolute atomic E-state index is 13.4. The number of rotatable bonds is 5. The molecule has 0 N–H and O–H groups in total. The summed E-state index contributed by atoms with van der Waals surface area (Å²) in [4.78, 5) is 14.7. The van der Waals surface area contributed by atoms with Crippen molar-refractivity contribution in [3.63, 3.8) is 0 Å². The molecule has 12 heteroatoms. The lowest BCUT2D eigenvalue weighted by Gasteiger charge is -2.29. The third-order valence-corrected chi connectivity index (χ3v) is 6.59. The van der Waals surface area contributed by atoms with Gasteiger partial charge in [0.25, 0.3) is 12.0 Å². The van der Waals surface area contributed by atoms with Crippen LogP contribution >= 0.6 is 11.6 Å². The van der Waals surface area contributed by atoms with Crippen LogP contribution in [0.25, 0.3) is 0 Å². The summed E-state index contributed by atoms with van der Waals surface area (Å²) in [5, 5.41) is 12.7. The second kappa shape index (κ2) is 9.38. The molecule has 8 nitrogen and oxygen atoms in total. The van der Waals surface area contributed by atoms with Crippen LogP contribution in [0.5, 0.6) is 0 Å². The molecule has 1 saturated heterocycles. The zero-order valence-electron chi connectivity index (χ0n) is 18.1. The molecule has 34 heavy (non-hydrogen) atoms. The second-order valence-electron chi connectivity index (χ2n) is 8.37. The van der Waals surface area contributed by atoms with Gasteiger partial charge in [0.2, 0.25) is 0 Å². The Morgan fingerprint density at radius 1 is 1.26 bits per heavy atom. The largest absolute Gasteiger partial charge is 0.362 e. The fraction of sp³-hybridized carbons (Fsp3) is 0.455. The highest BCUT2D eigenvalue weighted by Crippen LogP contribution is 2.30. The van der Waals surface area contributed by atoms with Gasteiger partial charge < -0.3 is 9.64 Å². The lowest BCUT2D eigenvalue weighted by molar-refractivity contribution is -0.0424. The van der Waals surface area contributed by atoms with Gasteiger partial charge in [-0.2, -0.15) is 9.78 Å². The summed E-state index contributed by atoms with van der Waals surface area (Å²) in [7, 11) is 0. The number of hydrogen-bond donors (Lipinski definition) is 0. The molecule has 5 rings (SSSR count). The highest BCUT2D eigenvalue weighted by atomic mass is 35.5. The van der Waals surface area contributed by atoms with Crippen LogP contribution in [0.2, 0.25) is 5.02 Å². The van der Waals surface area contributed by atoms with E-state index in [0.717, 1.165) is 30.7 Å². The highest BCUT2D eigenvalue weighted by Gasteiger charge is 2.27. The molecule has 2 aliphatic rings. The minimum atomic E-state index is -2.80. The van der Waals surface area contributed by atoms with E-state index in [2.05, 4.69) is 15.4 Å². The SMILES string of the molecule is O=c1c(Cl)c(N2CCc3c(nnn3Cc3ccc(F)cc3C(F)F)C2)cnn1C1CCCCO1. The van der Waals surface area contributed by atoms with Crippen LogP contribution in [0.4, 0.5) is 18.9 Å². The quantitative estimate of drug-likeness (QED) is 0.536. The Labute approximate surface area is 197 Å². The second-order valence-corrected chi connectivity index (χ2v) is 8.75. The molecule has 0 spiro atoms. The molecule has 1 fully saturated rings. The number of aromatic nitrogens is 5. The van der Waals surface area contributed by atoms with Crippen molar-refractivity contribution < 1.29 is 17.9 Å². The number of fused-ring (bicyclic) bond motifs is 1. The lowest BCUT2D eigenvalue weighted by Crippen LogP contribution is -2.36. The van der Waals surface area contributed by atoms with Gasteiger partial charge in [0, 0.05) is 25.1 Å². The molecule has 1 atom stereocenters. The highest BCUT2D eigenvalue weighted by molar-refractivity contribution is 6.33. The molecule has 4 heterocycles. The predicted molar refractivity (Wildman–Crippen MR) is 118 cm³/mol. The van der Waals surface area contributed by atoms with Crippen molar-refractivity contribution in [2.24, 2.45) is 0 Å². The van der Waals surface area contributed by atoms with Crippen molar-refractivity contribution >= 4 is 17.3 Å². The first-order chi connectivity index (χ1) is 16.4. The first-order valence-corrected chi connectivity index (χ1v) is 11.4. The zero-order valence-corrected chi connectivity index (χ0v) is 18.9. The van der Waals surface area contributed by atoms with Crippen LogP contribution in [0, 0.1) is 5.82 Å². The fourth-order valence-electron chi connectivity index (χ4n) is 4.45. The maximum atomic E-state index is 13.4. The lowest BCUT2D eigenvalue weighted by atomic mass is 10.1. The number of nitrogens with zero attached hydrogens (tertiary/aromatic N) is 6. The van der Waals surface area contributed by atoms with Gasteiger partial charge in [0.05, 0.1) is 30.7 Å². The summed E-state index contributed by atoms with van der Waals surface area (Å²) < 4.78 is 48.7. The molecular formula is C22H22ClF3N6O2. The Morgan fingerprint density at radius 3 is 2.88 bits per heavy atom. The van der Waals surface area contributed by atoms with Crippen molar-refractivity contribution in [3.8, 4) is 0 Å². The van der Waals surface area contributed by atoms with E-state index in [0.29, 0.717) is 43.9 Å². The normalized spacial score (nSPS) is 18.4. The summed E-state index contributed by atoms with van der Waals surface area (Å²) in [5.74, 6) is -0.710. The summed E-state index contributed by atoms with van der Waals surface area (Å²) in [5.41, 5.74) is 1.47. The molecule has 0 amide bonds. The predicted octanol–water partition coefficient (Wildman–Crippen LogP) is 3.88. The minimum absolute atomic E-state index is 0.0576. The van der Waals surface area contributed by atoms with E-state index in [1.807, 2.05) is 4.90 Å². The Bertz CT molecular complexity index is 1260. The van der Waals surface area contributed by atoms with Crippen LogP contribution in [0.1, 0.15) is 54.4 Å². The van der Waals surface area contributed by atoms with Crippen LogP contribution in [-0.2, 0) is 24.2 Å². The van der Waals surface area contributed by atoms with Crippen molar-refractivity contribution in [2.45, 2.75) is 51.4 Å². The third kappa shape index (κ3) is 4.29. The molecule has 0 saturated carbocycles. The summed E-state index contributed by atoms with van der Waals surface area (Å²) in [6, 6.07) is 3.35. The van der Waals surface area contributed by atoms with E-state index in [1.54, 1.807) is 10.9 Å². The molecule has 1 aromatic carbocycles. The van der Waals surface area contributed by atoms with Gasteiger partial charge in [0.1, 0.15) is 16.5 Å². The number of halogens is 4. The number of alkyl halides is 2. The van der Waals surface area contributed by atoms with E-state index < -0.39 is 24.0 Å². The summed E-state index contributed by atoms with van der Waals surface area (Å²) in [6.07, 6.45) is 1.49. The molecule has 1 unspecified atom stereocenters. The van der Waals surface area contributed by atoms with Crippen molar-refractivity contribution in [1.82, 2.24) is 24.8 Å². The molecule has 0 radical (unpaired) electrons. The number of ether oxygens (including phenoxy) is 1. The Hall–Kier alpha value is -2.92. The number of benzene rings is 1. The summed E-state index contributed by atoms with van der Waals surface area (Å²) in [6.45, 7) is 1.49. The Kier molecular flexibility index (Phi) is 6.30. The van der Waals surface area contributed by atoms with Gasteiger partial charge in [0.15, 0.2) is 6.23 Å². The van der Waals surface area contributed by atoms with E-state index in [9.17, 15) is 18.0 Å². The molecule has 3 aromatic rings. The first kappa shape index (κ1) is 22.9. The molecule has 2 aliphatic heterocycles. The molecule has 2 aromatic heterocycles. The third-order valence-electron chi connectivity index (χ3n) is 6.23. The van der Waals surface area contributed by atoms with Crippen molar-refractivity contribution in [2.75, 3.05) is 18.1 Å². The van der Waals surface area contributed by atoms with Crippen LogP contribution in [-0.4, -0.2) is 37.9 Å². The van der Waals surface area contributed by atoms with Crippen LogP contribution in [0.15, 0.2) is 29.2 Å². The van der Waals surface area contributed by atoms with Crippen LogP contribution < -0.4 is 10.5 Å². The Balaban J connectivity index is 1.36. The average molecular weight is 495 g/mol. The van der Waals surface area contributed by atoms with E-state index >= 15 is 0 Å². The van der Waals surface area contributed by atoms with Gasteiger partial charge in [-0.1, -0.05) is 22.9 Å². The first-order valence-electron chi connectivity index (χ1n) is 11.0. The fourth-order valence-corrected chi connectivity index (χ4v) is 4.71. The van der Waals surface area contributed by atoms with E-state index in [4.69, 9.17) is 16.3 Å². The molecular weight excluding hydrogens is 473 g/mol. The van der Waals surface area contributed by atoms with Gasteiger partial charge in [-0.25, -0.2) is 17.9 Å². The van der Waals surface area contributed by atoms with Gasteiger partial charge in [-0.15, -0.1) is 5.10 Å².